The first-order valence-electron chi connectivity index (χ1n) is 10.3. The van der Waals surface area contributed by atoms with Crippen LogP contribution in [0.15, 0.2) is 29.3 Å². The zero-order valence-corrected chi connectivity index (χ0v) is 16.5. The molecule has 1 aliphatic carbocycles. The highest BCUT2D eigenvalue weighted by Gasteiger charge is 2.41. The highest BCUT2D eigenvalue weighted by atomic mass is 19.3. The molecule has 1 N–H and O–H groups in total. The number of hydrogen-bond donors (Lipinski definition) is 1. The topological polar surface area (TPSA) is 82.0 Å². The van der Waals surface area contributed by atoms with E-state index in [-0.39, 0.29) is 23.9 Å². The van der Waals surface area contributed by atoms with Gasteiger partial charge in [-0.15, -0.1) is 0 Å². The number of rotatable bonds is 4. The number of alkyl halides is 2. The first-order valence-corrected chi connectivity index (χ1v) is 10.3. The summed E-state index contributed by atoms with van der Waals surface area (Å²) in [4.78, 5) is 23.7. The van der Waals surface area contributed by atoms with E-state index in [4.69, 9.17) is 4.74 Å². The van der Waals surface area contributed by atoms with Crippen LogP contribution in [0, 0.1) is 0 Å². The van der Waals surface area contributed by atoms with E-state index in [1.165, 1.54) is 4.90 Å². The molecule has 2 unspecified atom stereocenters. The molecule has 160 valence electrons. The number of allylic oxidation sites excluding steroid dienone is 2. The molecule has 4 heterocycles. The largest absolute Gasteiger partial charge is 0.378 e. The molecule has 0 aromatic carbocycles. The first-order chi connectivity index (χ1) is 14.7. The van der Waals surface area contributed by atoms with Crippen molar-refractivity contribution in [1.82, 2.24) is 20.3 Å². The van der Waals surface area contributed by atoms with Gasteiger partial charge in [-0.25, -0.2) is 8.78 Å². The van der Waals surface area contributed by atoms with E-state index in [2.05, 4.69) is 30.2 Å². The monoisotopic (exact) mass is 418 g/mol. The lowest BCUT2D eigenvalue weighted by atomic mass is 10.0. The summed E-state index contributed by atoms with van der Waals surface area (Å²) in [5, 5.41) is 3.31. The van der Waals surface area contributed by atoms with E-state index in [1.54, 1.807) is 0 Å². The van der Waals surface area contributed by atoms with Gasteiger partial charge >= 0.3 is 0 Å². The van der Waals surface area contributed by atoms with Crippen molar-refractivity contribution in [1.29, 1.82) is 0 Å². The summed E-state index contributed by atoms with van der Waals surface area (Å²) in [6, 6.07) is -0.736. The van der Waals surface area contributed by atoms with Crippen LogP contribution < -0.4 is 20.0 Å². The number of fused-ring (bicyclic) bond motifs is 1. The van der Waals surface area contributed by atoms with Gasteiger partial charge in [0.05, 0.1) is 25.3 Å². The number of piperazine rings is 1. The average molecular weight is 418 g/mol. The fourth-order valence-corrected chi connectivity index (χ4v) is 4.07. The molecule has 30 heavy (non-hydrogen) atoms. The molecule has 0 spiro atoms. The summed E-state index contributed by atoms with van der Waals surface area (Å²) >= 11 is 0. The van der Waals surface area contributed by atoms with Crippen LogP contribution in [-0.2, 0) is 4.74 Å². The molecule has 11 heteroatoms. The van der Waals surface area contributed by atoms with Crippen molar-refractivity contribution in [3.8, 4) is 0 Å². The number of anilines is 3. The Morgan fingerprint density at radius 2 is 1.53 bits per heavy atom. The van der Waals surface area contributed by atoms with Crippen molar-refractivity contribution >= 4 is 23.7 Å². The molecule has 5 rings (SSSR count). The smallest absolute Gasteiger partial charge is 0.295 e. The number of aromatic nitrogens is 3. The molecule has 0 saturated carbocycles. The molecule has 1 aromatic rings. The third-order valence-corrected chi connectivity index (χ3v) is 5.61. The SMILES string of the molecule is FC(F)C1=NC2C=CC=CC2N1c1nc(N2CCNCC2)nc(N2CCOCC2)n1. The lowest BCUT2D eigenvalue weighted by Crippen LogP contribution is -2.46. The van der Waals surface area contributed by atoms with Gasteiger partial charge in [0.25, 0.3) is 6.43 Å². The number of hydrogen-bond acceptors (Lipinski definition) is 9. The molecule has 2 saturated heterocycles. The maximum Gasteiger partial charge on any atom is 0.295 e. The number of ether oxygens (including phenoxy) is 1. The standard InChI is InChI=1S/C19H24F2N8O/c20-15(21)16-23-13-3-1-2-4-14(13)29(16)19-25-17(27-7-5-22-6-8-27)24-18(26-19)28-9-11-30-12-10-28/h1-4,13-15,22H,5-12H2. The molecule has 9 nitrogen and oxygen atoms in total. The van der Waals surface area contributed by atoms with E-state index in [0.29, 0.717) is 38.2 Å². The van der Waals surface area contributed by atoms with Gasteiger partial charge in [-0.05, 0) is 0 Å². The Hall–Kier alpha value is -2.66. The van der Waals surface area contributed by atoms with Gasteiger partial charge in [0, 0.05) is 39.3 Å². The fourth-order valence-electron chi connectivity index (χ4n) is 4.07. The molecule has 0 radical (unpaired) electrons. The van der Waals surface area contributed by atoms with E-state index in [9.17, 15) is 8.78 Å². The highest BCUT2D eigenvalue weighted by Crippen LogP contribution is 2.31. The molecule has 2 fully saturated rings. The van der Waals surface area contributed by atoms with Crippen LogP contribution in [0.25, 0.3) is 0 Å². The number of aliphatic imine (C=N–C) groups is 1. The van der Waals surface area contributed by atoms with Crippen molar-refractivity contribution in [2.75, 3.05) is 67.2 Å². The van der Waals surface area contributed by atoms with Crippen LogP contribution in [0.4, 0.5) is 26.6 Å². The predicted octanol–water partition coefficient (Wildman–Crippen LogP) is 0.465. The maximum absolute atomic E-state index is 13.9. The van der Waals surface area contributed by atoms with Crippen molar-refractivity contribution in [2.24, 2.45) is 4.99 Å². The van der Waals surface area contributed by atoms with E-state index in [1.807, 2.05) is 29.2 Å². The first kappa shape index (κ1) is 19.3. The summed E-state index contributed by atoms with van der Waals surface area (Å²) in [5.74, 6) is 0.915. The lowest BCUT2D eigenvalue weighted by Gasteiger charge is -2.32. The Morgan fingerprint density at radius 1 is 0.900 bits per heavy atom. The second-order valence-electron chi connectivity index (χ2n) is 7.48. The number of nitrogens with zero attached hydrogens (tertiary/aromatic N) is 7. The lowest BCUT2D eigenvalue weighted by molar-refractivity contribution is 0.122. The van der Waals surface area contributed by atoms with Gasteiger partial charge < -0.3 is 19.9 Å². The predicted molar refractivity (Wildman–Crippen MR) is 110 cm³/mol. The van der Waals surface area contributed by atoms with Crippen molar-refractivity contribution in [3.63, 3.8) is 0 Å². The summed E-state index contributed by atoms with van der Waals surface area (Å²) in [5.41, 5.74) is 0. The third kappa shape index (κ3) is 3.63. The minimum Gasteiger partial charge on any atom is -0.378 e. The summed E-state index contributed by atoms with van der Waals surface area (Å²) in [6.45, 7) is 5.58. The van der Waals surface area contributed by atoms with Crippen molar-refractivity contribution < 1.29 is 13.5 Å². The maximum atomic E-state index is 13.9. The average Bonchev–Trinajstić information content (AvgIpc) is 3.20. The summed E-state index contributed by atoms with van der Waals surface area (Å²) in [7, 11) is 0. The van der Waals surface area contributed by atoms with Gasteiger partial charge in [-0.2, -0.15) is 15.0 Å². The Bertz CT molecular complexity index is 828. The van der Waals surface area contributed by atoms with Gasteiger partial charge in [0.2, 0.25) is 17.8 Å². The van der Waals surface area contributed by atoms with Crippen molar-refractivity contribution in [2.45, 2.75) is 18.5 Å². The fraction of sp³-hybridized carbons (Fsp3) is 0.579. The van der Waals surface area contributed by atoms with E-state index >= 15 is 0 Å². The zero-order valence-electron chi connectivity index (χ0n) is 16.5. The number of morpholine rings is 1. The molecule has 0 bridgehead atoms. The Morgan fingerprint density at radius 3 is 2.23 bits per heavy atom. The van der Waals surface area contributed by atoms with Gasteiger partial charge in [0.15, 0.2) is 5.84 Å². The molecular weight excluding hydrogens is 394 g/mol. The van der Waals surface area contributed by atoms with Crippen LogP contribution >= 0.6 is 0 Å². The van der Waals surface area contributed by atoms with Crippen LogP contribution in [-0.4, -0.2) is 91.8 Å². The molecular formula is C19H24F2N8O. The number of nitrogens with one attached hydrogen (secondary N) is 1. The Labute approximate surface area is 173 Å². The molecule has 1 aromatic heterocycles. The van der Waals surface area contributed by atoms with Gasteiger partial charge in [-0.1, -0.05) is 24.3 Å². The zero-order chi connectivity index (χ0) is 20.5. The van der Waals surface area contributed by atoms with E-state index in [0.717, 1.165) is 26.2 Å². The second kappa shape index (κ2) is 8.23. The van der Waals surface area contributed by atoms with Crippen LogP contribution in [0.3, 0.4) is 0 Å². The number of amidine groups is 1. The summed E-state index contributed by atoms with van der Waals surface area (Å²) in [6.07, 6.45) is 4.65. The quantitative estimate of drug-likeness (QED) is 0.756. The van der Waals surface area contributed by atoms with Crippen LogP contribution in [0.1, 0.15) is 0 Å². The highest BCUT2D eigenvalue weighted by molar-refractivity contribution is 6.02. The summed E-state index contributed by atoms with van der Waals surface area (Å²) < 4.78 is 33.2. The van der Waals surface area contributed by atoms with Crippen LogP contribution in [0.5, 0.6) is 0 Å². The Kier molecular flexibility index (Phi) is 5.30. The van der Waals surface area contributed by atoms with Gasteiger partial charge in [-0.3, -0.25) is 9.89 Å². The third-order valence-electron chi connectivity index (χ3n) is 5.61. The molecule has 0 amide bonds. The molecule has 3 aliphatic heterocycles. The number of halogens is 2. The molecule has 2 atom stereocenters. The Balaban J connectivity index is 1.56. The minimum absolute atomic E-state index is 0.214. The second-order valence-corrected chi connectivity index (χ2v) is 7.48. The van der Waals surface area contributed by atoms with Gasteiger partial charge in [0.1, 0.15) is 0 Å². The van der Waals surface area contributed by atoms with Crippen LogP contribution in [0.2, 0.25) is 0 Å². The normalized spacial score (nSPS) is 26.4. The minimum atomic E-state index is -2.72. The van der Waals surface area contributed by atoms with Crippen molar-refractivity contribution in [3.05, 3.63) is 24.3 Å². The van der Waals surface area contributed by atoms with E-state index < -0.39 is 6.43 Å². The molecule has 4 aliphatic rings.